The molecule has 0 saturated carbocycles. The summed E-state index contributed by atoms with van der Waals surface area (Å²) in [7, 11) is 0.463. The summed E-state index contributed by atoms with van der Waals surface area (Å²) in [5, 5.41) is 14.2. The van der Waals surface area contributed by atoms with E-state index in [9.17, 15) is 19.1 Å². The number of hydrogen-bond acceptors (Lipinski definition) is 6. The number of anilines is 1. The van der Waals surface area contributed by atoms with Crippen molar-refractivity contribution in [3.63, 3.8) is 0 Å². The molecule has 0 atom stereocenters. The van der Waals surface area contributed by atoms with E-state index in [4.69, 9.17) is 0 Å². The molecule has 0 unspecified atom stereocenters. The number of carbonyl (C=O) groups excluding carboxylic acids is 1. The molecule has 0 amide bonds. The molecule has 1 N–H and O–H groups in total. The lowest BCUT2D eigenvalue weighted by molar-refractivity contribution is -0.384. The highest BCUT2D eigenvalue weighted by Gasteiger charge is 2.22. The van der Waals surface area contributed by atoms with Crippen LogP contribution < -0.4 is 5.32 Å². The minimum Gasteiger partial charge on any atom is -0.465 e. The van der Waals surface area contributed by atoms with E-state index in [2.05, 4.69) is 10.1 Å². The fourth-order valence-electron chi connectivity index (χ4n) is 2.21. The quantitative estimate of drug-likeness (QED) is 0.516. The Morgan fingerprint density at radius 3 is 2.67 bits per heavy atom. The van der Waals surface area contributed by atoms with Crippen LogP contribution in [0.1, 0.15) is 23.2 Å². The SMILES string of the molecule is COC(=O)c1ccc([N+](=O)[O-])c(NC2CCS(=O)CC2)c1. The largest absolute Gasteiger partial charge is 0.465 e. The van der Waals surface area contributed by atoms with Crippen molar-refractivity contribution < 1.29 is 18.7 Å². The number of nitro benzene ring substituents is 1. The molecule has 1 saturated heterocycles. The second-order valence-corrected chi connectivity index (χ2v) is 6.44. The third kappa shape index (κ3) is 3.78. The average molecular weight is 312 g/mol. The highest BCUT2D eigenvalue weighted by atomic mass is 32.2. The summed E-state index contributed by atoms with van der Waals surface area (Å²) < 4.78 is 16.0. The summed E-state index contributed by atoms with van der Waals surface area (Å²) >= 11 is 0. The third-order valence-electron chi connectivity index (χ3n) is 3.36. The smallest absolute Gasteiger partial charge is 0.337 e. The fraction of sp³-hybridized carbons (Fsp3) is 0.462. The third-order valence-corrected chi connectivity index (χ3v) is 4.74. The highest BCUT2D eigenvalue weighted by Crippen LogP contribution is 2.28. The topological polar surface area (TPSA) is 98.5 Å². The lowest BCUT2D eigenvalue weighted by Crippen LogP contribution is -2.29. The van der Waals surface area contributed by atoms with E-state index in [1.807, 2.05) is 0 Å². The van der Waals surface area contributed by atoms with Crippen molar-refractivity contribution in [2.75, 3.05) is 23.9 Å². The van der Waals surface area contributed by atoms with E-state index >= 15 is 0 Å². The molecule has 1 heterocycles. The number of rotatable bonds is 4. The molecule has 1 aromatic rings. The van der Waals surface area contributed by atoms with Crippen LogP contribution in [-0.4, -0.2) is 39.8 Å². The van der Waals surface area contributed by atoms with Gasteiger partial charge in [-0.25, -0.2) is 4.79 Å². The monoisotopic (exact) mass is 312 g/mol. The maximum Gasteiger partial charge on any atom is 0.337 e. The molecule has 1 aliphatic rings. The van der Waals surface area contributed by atoms with Crippen LogP contribution in [0.25, 0.3) is 0 Å². The summed E-state index contributed by atoms with van der Waals surface area (Å²) in [5.74, 6) is 0.627. The van der Waals surface area contributed by atoms with Gasteiger partial charge in [-0.3, -0.25) is 14.3 Å². The van der Waals surface area contributed by atoms with Gasteiger partial charge in [-0.1, -0.05) is 0 Å². The van der Waals surface area contributed by atoms with E-state index < -0.39 is 21.7 Å². The number of nitrogens with one attached hydrogen (secondary N) is 1. The van der Waals surface area contributed by atoms with Gasteiger partial charge in [0.2, 0.25) is 0 Å². The number of ether oxygens (including phenoxy) is 1. The van der Waals surface area contributed by atoms with Gasteiger partial charge in [-0.05, 0) is 25.0 Å². The van der Waals surface area contributed by atoms with Gasteiger partial charge in [0.15, 0.2) is 0 Å². The Morgan fingerprint density at radius 1 is 1.43 bits per heavy atom. The van der Waals surface area contributed by atoms with Crippen LogP contribution in [0, 0.1) is 10.1 Å². The minimum atomic E-state index is -0.794. The fourth-order valence-corrected chi connectivity index (χ4v) is 3.51. The van der Waals surface area contributed by atoms with Crippen molar-refractivity contribution in [3.8, 4) is 0 Å². The Balaban J connectivity index is 2.24. The first-order valence-electron chi connectivity index (χ1n) is 6.49. The molecule has 21 heavy (non-hydrogen) atoms. The average Bonchev–Trinajstić information content (AvgIpc) is 2.48. The van der Waals surface area contributed by atoms with Gasteiger partial charge < -0.3 is 10.1 Å². The van der Waals surface area contributed by atoms with Gasteiger partial charge in [0.25, 0.3) is 5.69 Å². The number of esters is 1. The first-order chi connectivity index (χ1) is 10.0. The van der Waals surface area contributed by atoms with Crippen LogP contribution in [0.5, 0.6) is 0 Å². The van der Waals surface area contributed by atoms with E-state index in [-0.39, 0.29) is 17.3 Å². The van der Waals surface area contributed by atoms with Gasteiger partial charge in [0.1, 0.15) is 5.69 Å². The van der Waals surface area contributed by atoms with Gasteiger partial charge in [-0.15, -0.1) is 0 Å². The molecule has 7 nitrogen and oxygen atoms in total. The van der Waals surface area contributed by atoms with Crippen molar-refractivity contribution in [2.24, 2.45) is 0 Å². The van der Waals surface area contributed by atoms with E-state index in [1.165, 1.54) is 25.3 Å². The molecular weight excluding hydrogens is 296 g/mol. The van der Waals surface area contributed by atoms with Gasteiger partial charge in [-0.2, -0.15) is 0 Å². The lowest BCUT2D eigenvalue weighted by atomic mass is 10.1. The number of hydrogen-bond donors (Lipinski definition) is 1. The number of carbonyl (C=O) groups is 1. The van der Waals surface area contributed by atoms with Crippen LogP contribution >= 0.6 is 0 Å². The molecule has 1 fully saturated rings. The Hall–Kier alpha value is -1.96. The zero-order chi connectivity index (χ0) is 15.4. The Bertz CT molecular complexity index is 580. The molecular formula is C13H16N2O5S. The van der Waals surface area contributed by atoms with E-state index in [0.29, 0.717) is 30.0 Å². The summed E-state index contributed by atoms with van der Waals surface area (Å²) in [4.78, 5) is 22.1. The molecule has 1 aliphatic heterocycles. The first kappa shape index (κ1) is 15.4. The number of nitrogens with zero attached hydrogens (tertiary/aromatic N) is 1. The zero-order valence-corrected chi connectivity index (χ0v) is 12.4. The molecule has 0 aromatic heterocycles. The normalized spacial score (nSPS) is 21.6. The van der Waals surface area contributed by atoms with Crippen LogP contribution in [0.15, 0.2) is 18.2 Å². The van der Waals surface area contributed by atoms with E-state index in [1.54, 1.807) is 0 Å². The minimum absolute atomic E-state index is 0.0225. The Morgan fingerprint density at radius 2 is 2.10 bits per heavy atom. The first-order valence-corrected chi connectivity index (χ1v) is 7.98. The number of nitro groups is 1. The number of benzene rings is 1. The predicted octanol–water partition coefficient (Wildman–Crippen LogP) is 1.70. The summed E-state index contributed by atoms with van der Waals surface area (Å²) in [6.07, 6.45) is 1.37. The molecule has 0 radical (unpaired) electrons. The van der Waals surface area contributed by atoms with E-state index in [0.717, 1.165) is 0 Å². The number of methoxy groups -OCH3 is 1. The summed E-state index contributed by atoms with van der Waals surface area (Å²) in [5.41, 5.74) is 0.458. The molecule has 1 aromatic carbocycles. The van der Waals surface area contributed by atoms with Crippen LogP contribution in [0.2, 0.25) is 0 Å². The Labute approximate surface area is 124 Å². The summed E-state index contributed by atoms with van der Waals surface area (Å²) in [6, 6.07) is 4.10. The molecule has 0 bridgehead atoms. The molecule has 114 valence electrons. The van der Waals surface area contributed by atoms with Crippen molar-refractivity contribution in [3.05, 3.63) is 33.9 Å². The van der Waals surface area contributed by atoms with Crippen LogP contribution in [-0.2, 0) is 15.5 Å². The van der Waals surface area contributed by atoms with Gasteiger partial charge in [0.05, 0.1) is 17.6 Å². The Kier molecular flexibility index (Phi) is 4.89. The van der Waals surface area contributed by atoms with Gasteiger partial charge in [0, 0.05) is 34.4 Å². The molecule has 8 heteroatoms. The predicted molar refractivity (Wildman–Crippen MR) is 79.0 cm³/mol. The molecule has 2 rings (SSSR count). The van der Waals surface area contributed by atoms with Crippen molar-refractivity contribution >= 4 is 28.1 Å². The van der Waals surface area contributed by atoms with Crippen molar-refractivity contribution in [2.45, 2.75) is 18.9 Å². The second-order valence-electron chi connectivity index (χ2n) is 4.75. The van der Waals surface area contributed by atoms with Gasteiger partial charge >= 0.3 is 5.97 Å². The maximum absolute atomic E-state index is 11.5. The standard InChI is InChI=1S/C13H16N2O5S/c1-20-13(16)9-2-3-12(15(17)18)11(8-9)14-10-4-6-21(19)7-5-10/h2-3,8,10,14H,4-7H2,1H3. The van der Waals surface area contributed by atoms with Crippen LogP contribution in [0.4, 0.5) is 11.4 Å². The lowest BCUT2D eigenvalue weighted by Gasteiger charge is -2.23. The van der Waals surface area contributed by atoms with Crippen molar-refractivity contribution in [1.29, 1.82) is 0 Å². The van der Waals surface area contributed by atoms with Crippen molar-refractivity contribution in [1.82, 2.24) is 0 Å². The second kappa shape index (κ2) is 6.66. The zero-order valence-electron chi connectivity index (χ0n) is 11.5. The summed E-state index contributed by atoms with van der Waals surface area (Å²) in [6.45, 7) is 0. The highest BCUT2D eigenvalue weighted by molar-refractivity contribution is 7.85. The maximum atomic E-state index is 11.5. The molecule has 0 aliphatic carbocycles. The van der Waals surface area contributed by atoms with Crippen LogP contribution in [0.3, 0.4) is 0 Å². The molecule has 0 spiro atoms.